The molecule has 0 aliphatic carbocycles. The number of urea groups is 1. The van der Waals surface area contributed by atoms with Crippen molar-refractivity contribution < 1.29 is 23.9 Å². The number of imide groups is 1. The first-order chi connectivity index (χ1) is 11.8. The van der Waals surface area contributed by atoms with Gasteiger partial charge in [0.25, 0.3) is 5.91 Å². The highest BCUT2D eigenvalue weighted by Gasteiger charge is 2.51. The molecular weight excluding hydrogens is 328 g/mol. The first-order valence-corrected chi connectivity index (χ1v) is 7.67. The Labute approximate surface area is 144 Å². The van der Waals surface area contributed by atoms with Gasteiger partial charge in [0.05, 0.1) is 13.7 Å². The normalized spacial score (nSPS) is 19.5. The van der Waals surface area contributed by atoms with Crippen molar-refractivity contribution in [3.63, 3.8) is 0 Å². The van der Waals surface area contributed by atoms with E-state index in [0.717, 1.165) is 4.90 Å². The number of ether oxygens (including phenoxy) is 1. The maximum Gasteiger partial charge on any atom is 0.325 e. The topological polar surface area (TPSA) is 131 Å². The summed E-state index contributed by atoms with van der Waals surface area (Å²) in [5.74, 6) is -1.27. The fourth-order valence-corrected chi connectivity index (χ4v) is 2.67. The van der Waals surface area contributed by atoms with Crippen LogP contribution in [-0.2, 0) is 19.9 Å². The van der Waals surface area contributed by atoms with Gasteiger partial charge >= 0.3 is 6.03 Å². The molecule has 134 valence electrons. The average Bonchev–Trinajstić information content (AvgIpc) is 2.85. The summed E-state index contributed by atoms with van der Waals surface area (Å²) in [6.45, 7) is 0.912. The first-order valence-electron chi connectivity index (χ1n) is 7.67. The predicted octanol–water partition coefficient (Wildman–Crippen LogP) is -0.546. The lowest BCUT2D eigenvalue weighted by molar-refractivity contribution is -0.135. The van der Waals surface area contributed by atoms with E-state index in [0.29, 0.717) is 17.7 Å². The standard InChI is InChI=1S/C16H20N4O5/c1-3-16(10-4-6-11(25-2)7-5-10)14(23)20(15(24)19-16)9-13(22)18-8-12(17)21/h4-7H,3,8-9H2,1-2H3,(H2,17,21)(H,18,22)(H,19,24)/t16-/m0/s1. The van der Waals surface area contributed by atoms with Crippen LogP contribution in [0.3, 0.4) is 0 Å². The Morgan fingerprint density at radius 1 is 1.28 bits per heavy atom. The summed E-state index contributed by atoms with van der Waals surface area (Å²) in [5.41, 5.74) is 4.29. The highest BCUT2D eigenvalue weighted by Crippen LogP contribution is 2.33. The molecule has 2 rings (SSSR count). The molecule has 1 aromatic carbocycles. The molecule has 0 bridgehead atoms. The molecule has 1 atom stereocenters. The number of nitrogens with zero attached hydrogens (tertiary/aromatic N) is 1. The fourth-order valence-electron chi connectivity index (χ4n) is 2.67. The number of rotatable bonds is 7. The minimum atomic E-state index is -1.24. The van der Waals surface area contributed by atoms with Crippen LogP contribution in [0.5, 0.6) is 5.75 Å². The molecule has 1 aliphatic rings. The van der Waals surface area contributed by atoms with Crippen LogP contribution in [-0.4, -0.2) is 48.9 Å². The maximum absolute atomic E-state index is 12.8. The Hall–Kier alpha value is -3.10. The summed E-state index contributed by atoms with van der Waals surface area (Å²) in [7, 11) is 1.53. The van der Waals surface area contributed by atoms with Crippen LogP contribution in [0.1, 0.15) is 18.9 Å². The molecule has 4 N–H and O–H groups in total. The number of amides is 5. The molecule has 1 aliphatic heterocycles. The molecule has 1 aromatic rings. The van der Waals surface area contributed by atoms with E-state index in [4.69, 9.17) is 10.5 Å². The van der Waals surface area contributed by atoms with Crippen LogP contribution in [0.4, 0.5) is 4.79 Å². The number of hydrogen-bond acceptors (Lipinski definition) is 5. The number of carbonyl (C=O) groups is 4. The smallest absolute Gasteiger partial charge is 0.325 e. The SMILES string of the molecule is CC[C@@]1(c2ccc(OC)cc2)NC(=O)N(CC(=O)NCC(N)=O)C1=O. The zero-order valence-corrected chi connectivity index (χ0v) is 14.0. The van der Waals surface area contributed by atoms with E-state index in [1.807, 2.05) is 0 Å². The van der Waals surface area contributed by atoms with E-state index in [1.165, 1.54) is 7.11 Å². The van der Waals surface area contributed by atoms with Crippen LogP contribution in [0, 0.1) is 0 Å². The molecule has 5 amide bonds. The summed E-state index contributed by atoms with van der Waals surface area (Å²) in [6, 6.07) is 6.09. The van der Waals surface area contributed by atoms with Gasteiger partial charge in [0.1, 0.15) is 17.8 Å². The van der Waals surface area contributed by atoms with Crippen LogP contribution >= 0.6 is 0 Å². The van der Waals surface area contributed by atoms with Crippen LogP contribution in [0.15, 0.2) is 24.3 Å². The highest BCUT2D eigenvalue weighted by atomic mass is 16.5. The van der Waals surface area contributed by atoms with Gasteiger partial charge in [0, 0.05) is 0 Å². The Balaban J connectivity index is 2.21. The largest absolute Gasteiger partial charge is 0.497 e. The zero-order chi connectivity index (χ0) is 18.6. The van der Waals surface area contributed by atoms with Crippen molar-refractivity contribution in [3.05, 3.63) is 29.8 Å². The van der Waals surface area contributed by atoms with Gasteiger partial charge in [-0.25, -0.2) is 4.79 Å². The van der Waals surface area contributed by atoms with Gasteiger partial charge in [0.2, 0.25) is 11.8 Å². The summed E-state index contributed by atoms with van der Waals surface area (Å²) < 4.78 is 5.09. The van der Waals surface area contributed by atoms with Gasteiger partial charge < -0.3 is 21.1 Å². The Morgan fingerprint density at radius 3 is 2.44 bits per heavy atom. The van der Waals surface area contributed by atoms with Gasteiger partial charge in [-0.3, -0.25) is 19.3 Å². The second-order valence-corrected chi connectivity index (χ2v) is 5.55. The van der Waals surface area contributed by atoms with E-state index in [9.17, 15) is 19.2 Å². The van der Waals surface area contributed by atoms with Crippen molar-refractivity contribution in [3.8, 4) is 5.75 Å². The molecule has 0 aromatic heterocycles. The highest BCUT2D eigenvalue weighted by molar-refractivity contribution is 6.09. The van der Waals surface area contributed by atoms with Crippen molar-refractivity contribution >= 4 is 23.8 Å². The second-order valence-electron chi connectivity index (χ2n) is 5.55. The van der Waals surface area contributed by atoms with Crippen LogP contribution in [0.2, 0.25) is 0 Å². The van der Waals surface area contributed by atoms with Crippen molar-refractivity contribution in [1.82, 2.24) is 15.5 Å². The number of primary amides is 1. The van der Waals surface area contributed by atoms with Gasteiger partial charge in [-0.2, -0.15) is 0 Å². The van der Waals surface area contributed by atoms with E-state index < -0.39 is 35.8 Å². The lowest BCUT2D eigenvalue weighted by atomic mass is 9.87. The zero-order valence-electron chi connectivity index (χ0n) is 14.0. The lowest BCUT2D eigenvalue weighted by Crippen LogP contribution is -2.45. The molecule has 1 saturated heterocycles. The lowest BCUT2D eigenvalue weighted by Gasteiger charge is -2.25. The number of methoxy groups -OCH3 is 1. The van der Waals surface area contributed by atoms with Crippen molar-refractivity contribution in [1.29, 1.82) is 0 Å². The summed E-state index contributed by atoms with van der Waals surface area (Å²) in [5, 5.41) is 4.91. The van der Waals surface area contributed by atoms with E-state index in [1.54, 1.807) is 31.2 Å². The minimum absolute atomic E-state index is 0.309. The van der Waals surface area contributed by atoms with Gasteiger partial charge in [-0.15, -0.1) is 0 Å². The Morgan fingerprint density at radius 2 is 1.92 bits per heavy atom. The fraction of sp³-hybridized carbons (Fsp3) is 0.375. The third-order valence-corrected chi connectivity index (χ3v) is 4.05. The monoisotopic (exact) mass is 348 g/mol. The molecule has 9 heteroatoms. The van der Waals surface area contributed by atoms with Crippen molar-refractivity contribution in [2.75, 3.05) is 20.2 Å². The number of nitrogens with two attached hydrogens (primary N) is 1. The molecule has 9 nitrogen and oxygen atoms in total. The predicted molar refractivity (Wildman–Crippen MR) is 87.4 cm³/mol. The number of nitrogens with one attached hydrogen (secondary N) is 2. The Kier molecular flexibility index (Phi) is 5.26. The third kappa shape index (κ3) is 3.54. The number of hydrogen-bond donors (Lipinski definition) is 3. The van der Waals surface area contributed by atoms with Crippen LogP contribution < -0.4 is 21.1 Å². The van der Waals surface area contributed by atoms with Gasteiger partial charge in [-0.1, -0.05) is 19.1 Å². The average molecular weight is 348 g/mol. The van der Waals surface area contributed by atoms with Crippen LogP contribution in [0.25, 0.3) is 0 Å². The van der Waals surface area contributed by atoms with E-state index in [-0.39, 0.29) is 6.54 Å². The quantitative estimate of drug-likeness (QED) is 0.569. The van der Waals surface area contributed by atoms with Crippen molar-refractivity contribution in [2.24, 2.45) is 5.73 Å². The maximum atomic E-state index is 12.8. The molecule has 0 unspecified atom stereocenters. The van der Waals surface area contributed by atoms with Gasteiger partial charge in [0.15, 0.2) is 0 Å². The molecule has 1 heterocycles. The third-order valence-electron chi connectivity index (χ3n) is 4.05. The molecule has 0 spiro atoms. The van der Waals surface area contributed by atoms with E-state index in [2.05, 4.69) is 10.6 Å². The molecule has 0 radical (unpaired) electrons. The summed E-state index contributed by atoms with van der Waals surface area (Å²) >= 11 is 0. The van der Waals surface area contributed by atoms with Gasteiger partial charge in [-0.05, 0) is 24.1 Å². The minimum Gasteiger partial charge on any atom is -0.497 e. The molecule has 25 heavy (non-hydrogen) atoms. The molecular formula is C16H20N4O5. The Bertz CT molecular complexity index is 703. The second kappa shape index (κ2) is 7.20. The first kappa shape index (κ1) is 18.2. The number of carbonyl (C=O) groups excluding carboxylic acids is 4. The summed E-state index contributed by atoms with van der Waals surface area (Å²) in [6.07, 6.45) is 0.309. The summed E-state index contributed by atoms with van der Waals surface area (Å²) in [4.78, 5) is 48.4. The van der Waals surface area contributed by atoms with Crippen molar-refractivity contribution in [2.45, 2.75) is 18.9 Å². The molecule has 1 fully saturated rings. The number of benzene rings is 1. The van der Waals surface area contributed by atoms with E-state index >= 15 is 0 Å². The molecule has 0 saturated carbocycles.